The molecule has 2 aliphatic heterocycles. The van der Waals surface area contributed by atoms with Gasteiger partial charge < -0.3 is 20.3 Å². The van der Waals surface area contributed by atoms with Gasteiger partial charge in [0.2, 0.25) is 5.95 Å². The van der Waals surface area contributed by atoms with Gasteiger partial charge in [-0.25, -0.2) is 4.98 Å². The van der Waals surface area contributed by atoms with Crippen LogP contribution in [0.3, 0.4) is 0 Å². The summed E-state index contributed by atoms with van der Waals surface area (Å²) in [4.78, 5) is 12.0. The number of anilines is 2. The Bertz CT molecular complexity index is 910. The van der Waals surface area contributed by atoms with Crippen molar-refractivity contribution in [3.05, 3.63) is 47.2 Å². The first-order chi connectivity index (χ1) is 14.9. The Labute approximate surface area is 183 Å². The Morgan fingerprint density at radius 3 is 2.42 bits per heavy atom. The molecule has 2 aromatic rings. The van der Waals surface area contributed by atoms with E-state index in [1.807, 2.05) is 24.3 Å². The number of benzene rings is 1. The topological polar surface area (TPSA) is 65.6 Å². The van der Waals surface area contributed by atoms with Crippen molar-refractivity contribution in [1.82, 2.24) is 20.2 Å². The summed E-state index contributed by atoms with van der Waals surface area (Å²) in [5.74, 6) is 0.0294. The Morgan fingerprint density at radius 1 is 1.10 bits per heavy atom. The summed E-state index contributed by atoms with van der Waals surface area (Å²) in [6.07, 6.45) is -4.59. The van der Waals surface area contributed by atoms with E-state index in [1.165, 1.54) is 0 Å². The van der Waals surface area contributed by atoms with Crippen molar-refractivity contribution < 1.29 is 17.9 Å². The van der Waals surface area contributed by atoms with E-state index in [1.54, 1.807) is 4.90 Å². The van der Waals surface area contributed by atoms with Gasteiger partial charge in [0.05, 0.1) is 13.2 Å². The van der Waals surface area contributed by atoms with Gasteiger partial charge in [-0.15, -0.1) is 0 Å². The average molecular weight is 453 g/mol. The number of fused-ring (bicyclic) bond motifs is 1. The van der Waals surface area contributed by atoms with Gasteiger partial charge in [-0.2, -0.15) is 18.2 Å². The van der Waals surface area contributed by atoms with Crippen LogP contribution in [0.2, 0.25) is 0 Å². The molecule has 0 atom stereocenters. The molecule has 11 heteroatoms. The predicted molar refractivity (Wildman–Crippen MR) is 115 cm³/mol. The maximum absolute atomic E-state index is 13.4. The van der Waals surface area contributed by atoms with Crippen LogP contribution in [0.5, 0.6) is 0 Å². The Balaban J connectivity index is 1.43. The number of rotatable bonds is 5. The van der Waals surface area contributed by atoms with E-state index in [0.717, 1.165) is 36.8 Å². The van der Waals surface area contributed by atoms with Crippen molar-refractivity contribution in [1.29, 1.82) is 0 Å². The molecule has 0 radical (unpaired) electrons. The second-order valence-electron chi connectivity index (χ2n) is 7.39. The number of nitrogens with one attached hydrogen (secondary N) is 2. The molecule has 4 rings (SSSR count). The van der Waals surface area contributed by atoms with E-state index >= 15 is 0 Å². The van der Waals surface area contributed by atoms with E-state index < -0.39 is 11.9 Å². The number of alkyl halides is 3. The smallest absolute Gasteiger partial charge is 0.379 e. The minimum absolute atomic E-state index is 0.176. The van der Waals surface area contributed by atoms with Gasteiger partial charge in [0.25, 0.3) is 0 Å². The number of aromatic nitrogens is 2. The molecule has 2 aliphatic rings. The Hall–Kier alpha value is -2.50. The highest BCUT2D eigenvalue weighted by Crippen LogP contribution is 2.33. The first-order valence-corrected chi connectivity index (χ1v) is 10.4. The van der Waals surface area contributed by atoms with Crippen LogP contribution in [0.15, 0.2) is 30.3 Å². The zero-order chi connectivity index (χ0) is 21.8. The van der Waals surface area contributed by atoms with Crippen LogP contribution in [0.25, 0.3) is 0 Å². The molecule has 0 saturated carbocycles. The van der Waals surface area contributed by atoms with E-state index in [2.05, 4.69) is 25.5 Å². The van der Waals surface area contributed by atoms with Crippen molar-refractivity contribution in [2.45, 2.75) is 19.3 Å². The molecule has 7 nitrogen and oxygen atoms in total. The molecule has 1 saturated heterocycles. The molecule has 0 bridgehead atoms. The molecule has 31 heavy (non-hydrogen) atoms. The molecule has 0 aliphatic carbocycles. The molecule has 1 aromatic carbocycles. The lowest BCUT2D eigenvalue weighted by Crippen LogP contribution is -2.42. The Morgan fingerprint density at radius 2 is 1.77 bits per heavy atom. The summed E-state index contributed by atoms with van der Waals surface area (Å²) < 4.78 is 45.6. The van der Waals surface area contributed by atoms with Crippen LogP contribution in [0.1, 0.15) is 16.8 Å². The zero-order valence-electron chi connectivity index (χ0n) is 16.8. The van der Waals surface area contributed by atoms with Crippen LogP contribution >= 0.6 is 12.2 Å². The van der Waals surface area contributed by atoms with E-state index in [4.69, 9.17) is 17.0 Å². The van der Waals surface area contributed by atoms with E-state index in [0.29, 0.717) is 32.8 Å². The number of halogens is 3. The molecule has 1 fully saturated rings. The maximum Gasteiger partial charge on any atom is 0.433 e. The molecule has 166 valence electrons. The summed E-state index contributed by atoms with van der Waals surface area (Å²) in [6.45, 7) is 5.39. The SMILES string of the molecule is FC(F)(F)c1cc(N2Cc3ccccc3C2)nc(NC(=S)NCCN2CCOCC2)n1. The predicted octanol–water partition coefficient (Wildman–Crippen LogP) is 2.63. The highest BCUT2D eigenvalue weighted by Gasteiger charge is 2.35. The fourth-order valence-corrected chi connectivity index (χ4v) is 3.78. The minimum atomic E-state index is -4.59. The van der Waals surface area contributed by atoms with Crippen LogP contribution in [0.4, 0.5) is 24.9 Å². The van der Waals surface area contributed by atoms with Gasteiger partial charge in [-0.1, -0.05) is 24.3 Å². The molecular weight excluding hydrogens is 429 g/mol. The van der Waals surface area contributed by atoms with Crippen LogP contribution in [-0.4, -0.2) is 59.4 Å². The molecule has 0 unspecified atom stereocenters. The van der Waals surface area contributed by atoms with Gasteiger partial charge in [0, 0.05) is 45.3 Å². The summed E-state index contributed by atoms with van der Waals surface area (Å²) in [5.41, 5.74) is 1.14. The van der Waals surface area contributed by atoms with Crippen molar-refractivity contribution in [2.75, 3.05) is 49.6 Å². The summed E-state index contributed by atoms with van der Waals surface area (Å²) in [6, 6.07) is 8.74. The fraction of sp³-hybridized carbons (Fsp3) is 0.450. The third-order valence-corrected chi connectivity index (χ3v) is 5.46. The quantitative estimate of drug-likeness (QED) is 0.672. The number of ether oxygens (including phenoxy) is 1. The summed E-state index contributed by atoms with van der Waals surface area (Å²) in [5, 5.41) is 5.89. The Kier molecular flexibility index (Phi) is 6.54. The number of thiocarbonyl (C=S) groups is 1. The van der Waals surface area contributed by atoms with Gasteiger partial charge >= 0.3 is 6.18 Å². The highest BCUT2D eigenvalue weighted by atomic mass is 32.1. The van der Waals surface area contributed by atoms with Crippen molar-refractivity contribution in [3.8, 4) is 0 Å². The second-order valence-corrected chi connectivity index (χ2v) is 7.80. The number of nitrogens with zero attached hydrogens (tertiary/aromatic N) is 4. The normalized spacial score (nSPS) is 16.8. The standard InChI is InChI=1S/C20H23F3N6OS/c21-20(22,23)16-11-17(29-12-14-3-1-2-4-15(14)13-29)26-18(25-16)27-19(31)24-5-6-28-7-9-30-10-8-28/h1-4,11H,5-10,12-13H2,(H2,24,25,26,27,31). The van der Waals surface area contributed by atoms with Gasteiger partial charge in [-0.3, -0.25) is 4.90 Å². The van der Waals surface area contributed by atoms with Crippen molar-refractivity contribution in [3.63, 3.8) is 0 Å². The molecule has 2 N–H and O–H groups in total. The largest absolute Gasteiger partial charge is 0.433 e. The molecule has 0 amide bonds. The van der Waals surface area contributed by atoms with Crippen LogP contribution in [-0.2, 0) is 24.0 Å². The zero-order valence-corrected chi connectivity index (χ0v) is 17.6. The maximum atomic E-state index is 13.4. The first-order valence-electron chi connectivity index (χ1n) is 10.0. The number of morpholine rings is 1. The first kappa shape index (κ1) is 21.7. The number of hydrogen-bond acceptors (Lipinski definition) is 6. The third kappa shape index (κ3) is 5.60. The van der Waals surface area contributed by atoms with Gasteiger partial charge in [-0.05, 0) is 23.3 Å². The van der Waals surface area contributed by atoms with Gasteiger partial charge in [0.1, 0.15) is 5.82 Å². The molecule has 0 spiro atoms. The molecular formula is C20H23F3N6OS. The van der Waals surface area contributed by atoms with Crippen LogP contribution in [0, 0.1) is 0 Å². The number of hydrogen-bond donors (Lipinski definition) is 2. The van der Waals surface area contributed by atoms with E-state index in [-0.39, 0.29) is 16.9 Å². The average Bonchev–Trinajstić information content (AvgIpc) is 3.18. The van der Waals surface area contributed by atoms with Gasteiger partial charge in [0.15, 0.2) is 10.8 Å². The van der Waals surface area contributed by atoms with Crippen molar-refractivity contribution in [2.24, 2.45) is 0 Å². The lowest BCUT2D eigenvalue weighted by Gasteiger charge is -2.26. The molecule has 3 heterocycles. The molecule has 1 aromatic heterocycles. The fourth-order valence-electron chi connectivity index (χ4n) is 3.59. The summed E-state index contributed by atoms with van der Waals surface area (Å²) in [7, 11) is 0. The summed E-state index contributed by atoms with van der Waals surface area (Å²) >= 11 is 5.23. The third-order valence-electron chi connectivity index (χ3n) is 5.21. The van der Waals surface area contributed by atoms with Crippen LogP contribution < -0.4 is 15.5 Å². The lowest BCUT2D eigenvalue weighted by atomic mass is 10.1. The second kappa shape index (κ2) is 9.33. The van der Waals surface area contributed by atoms with E-state index in [9.17, 15) is 13.2 Å². The highest BCUT2D eigenvalue weighted by molar-refractivity contribution is 7.80. The van der Waals surface area contributed by atoms with Crippen molar-refractivity contribution >= 4 is 29.1 Å². The lowest BCUT2D eigenvalue weighted by molar-refractivity contribution is -0.141. The monoisotopic (exact) mass is 452 g/mol. The minimum Gasteiger partial charge on any atom is -0.379 e.